The van der Waals surface area contributed by atoms with E-state index in [2.05, 4.69) is 19.3 Å². The second-order valence-electron chi connectivity index (χ2n) is 7.89. The number of nitrogens with zero attached hydrogens (tertiary/aromatic N) is 2. The molecule has 0 spiro atoms. The average molecular weight is 404 g/mol. The largest absolute Gasteiger partial charge is 0.358 e. The summed E-state index contributed by atoms with van der Waals surface area (Å²) in [6, 6.07) is 3.07. The van der Waals surface area contributed by atoms with Crippen molar-refractivity contribution in [2.75, 3.05) is 44.7 Å². The Hall–Kier alpha value is -2.41. The molecule has 158 valence electrons. The number of carbonyl (C=O) groups is 1. The normalized spacial score (nSPS) is 15.1. The summed E-state index contributed by atoms with van der Waals surface area (Å²) in [4.78, 5) is 29.0. The van der Waals surface area contributed by atoms with E-state index in [1.807, 2.05) is 16.4 Å². The molecule has 1 aliphatic rings. The van der Waals surface area contributed by atoms with Gasteiger partial charge in [-0.05, 0) is 25.5 Å². The van der Waals surface area contributed by atoms with Crippen molar-refractivity contribution < 1.29 is 14.1 Å². The Labute approximate surface area is 171 Å². The number of rotatable bonds is 7. The molecule has 7 heteroatoms. The molecular formula is C22H32FN4O2+. The van der Waals surface area contributed by atoms with E-state index in [1.54, 1.807) is 12.3 Å². The van der Waals surface area contributed by atoms with E-state index < -0.39 is 11.2 Å². The molecule has 0 saturated carbocycles. The van der Waals surface area contributed by atoms with Gasteiger partial charge in [0, 0.05) is 24.7 Å². The van der Waals surface area contributed by atoms with Crippen LogP contribution in [0.1, 0.15) is 43.5 Å². The minimum absolute atomic E-state index is 0.0752. The summed E-state index contributed by atoms with van der Waals surface area (Å²) >= 11 is 0. The molecule has 1 fully saturated rings. The third-order valence-electron chi connectivity index (χ3n) is 5.76. The Bertz CT molecular complexity index is 933. The van der Waals surface area contributed by atoms with Crippen LogP contribution in [0.15, 0.2) is 23.1 Å². The molecule has 29 heavy (non-hydrogen) atoms. The molecule has 2 N–H and O–H groups in total. The van der Waals surface area contributed by atoms with Gasteiger partial charge < -0.3 is 19.7 Å². The van der Waals surface area contributed by atoms with Gasteiger partial charge in [0.05, 0.1) is 44.4 Å². The van der Waals surface area contributed by atoms with E-state index in [-0.39, 0.29) is 16.9 Å². The molecule has 1 amide bonds. The van der Waals surface area contributed by atoms with E-state index >= 15 is 0 Å². The zero-order valence-electron chi connectivity index (χ0n) is 17.7. The molecule has 2 heterocycles. The number of piperazine rings is 1. The second-order valence-corrected chi connectivity index (χ2v) is 7.89. The molecule has 0 bridgehead atoms. The number of hydrogen-bond donors (Lipinski definition) is 2. The molecule has 1 aromatic carbocycles. The number of hydrogen-bond acceptors (Lipinski definition) is 3. The maximum absolute atomic E-state index is 14.9. The minimum Gasteiger partial charge on any atom is -0.358 e. The lowest BCUT2D eigenvalue weighted by molar-refractivity contribution is -0.880. The highest BCUT2D eigenvalue weighted by molar-refractivity contribution is 5.97. The number of nitrogens with one attached hydrogen (secondary N) is 2. The summed E-state index contributed by atoms with van der Waals surface area (Å²) in [7, 11) is 2.14. The van der Waals surface area contributed by atoms with Gasteiger partial charge in [0.2, 0.25) is 5.43 Å². The highest BCUT2D eigenvalue weighted by atomic mass is 19.1. The van der Waals surface area contributed by atoms with Gasteiger partial charge >= 0.3 is 0 Å². The second kappa shape index (κ2) is 9.39. The lowest BCUT2D eigenvalue weighted by Crippen LogP contribution is -3.12. The van der Waals surface area contributed by atoms with Gasteiger partial charge in [0.1, 0.15) is 11.4 Å². The quantitative estimate of drug-likeness (QED) is 0.688. The van der Waals surface area contributed by atoms with Crippen molar-refractivity contribution in [2.24, 2.45) is 0 Å². The lowest BCUT2D eigenvalue weighted by Gasteiger charge is -2.32. The van der Waals surface area contributed by atoms with Crippen molar-refractivity contribution >= 4 is 22.5 Å². The smallest absolute Gasteiger partial charge is 0.256 e. The van der Waals surface area contributed by atoms with Crippen LogP contribution in [0.3, 0.4) is 0 Å². The number of halogens is 1. The van der Waals surface area contributed by atoms with Crippen LogP contribution in [-0.2, 0) is 6.54 Å². The molecule has 0 unspecified atom stereocenters. The molecular weight excluding hydrogens is 371 g/mol. The zero-order chi connectivity index (χ0) is 21.0. The fourth-order valence-corrected chi connectivity index (χ4v) is 3.87. The van der Waals surface area contributed by atoms with Crippen molar-refractivity contribution in [3.05, 3.63) is 39.9 Å². The van der Waals surface area contributed by atoms with Crippen LogP contribution in [0, 0.1) is 5.82 Å². The van der Waals surface area contributed by atoms with E-state index in [4.69, 9.17) is 0 Å². The molecule has 1 saturated heterocycles. The topological polar surface area (TPSA) is 58.8 Å². The number of quaternary nitrogens is 1. The summed E-state index contributed by atoms with van der Waals surface area (Å²) in [5, 5.41) is 3.07. The Kier molecular flexibility index (Phi) is 6.90. The first-order valence-corrected chi connectivity index (χ1v) is 10.7. The molecule has 3 rings (SSSR count). The highest BCUT2D eigenvalue weighted by Gasteiger charge is 2.22. The van der Waals surface area contributed by atoms with Gasteiger partial charge in [-0.2, -0.15) is 0 Å². The Balaban J connectivity index is 1.97. The van der Waals surface area contributed by atoms with Crippen LogP contribution in [-0.4, -0.2) is 50.2 Å². The number of benzene rings is 1. The number of pyridine rings is 1. The van der Waals surface area contributed by atoms with E-state index in [0.717, 1.165) is 45.4 Å². The first-order chi connectivity index (χ1) is 14.0. The van der Waals surface area contributed by atoms with Crippen molar-refractivity contribution in [3.8, 4) is 0 Å². The van der Waals surface area contributed by atoms with Crippen molar-refractivity contribution in [2.45, 2.75) is 39.7 Å². The number of anilines is 1. The summed E-state index contributed by atoms with van der Waals surface area (Å²) in [6.07, 6.45) is 4.57. The van der Waals surface area contributed by atoms with Gasteiger partial charge in [-0.3, -0.25) is 9.59 Å². The van der Waals surface area contributed by atoms with Gasteiger partial charge in [-0.25, -0.2) is 4.39 Å². The van der Waals surface area contributed by atoms with Crippen molar-refractivity contribution in [1.29, 1.82) is 0 Å². The number of fused-ring (bicyclic) bond motifs is 1. The monoisotopic (exact) mass is 403 g/mol. The molecule has 0 atom stereocenters. The number of aromatic nitrogens is 1. The van der Waals surface area contributed by atoms with E-state index in [9.17, 15) is 14.0 Å². The minimum atomic E-state index is -0.411. The summed E-state index contributed by atoms with van der Waals surface area (Å²) < 4.78 is 16.8. The van der Waals surface area contributed by atoms with Gasteiger partial charge in [-0.15, -0.1) is 0 Å². The Morgan fingerprint density at radius 1 is 1.21 bits per heavy atom. The molecule has 1 aromatic heterocycles. The van der Waals surface area contributed by atoms with E-state index in [0.29, 0.717) is 24.3 Å². The molecule has 1 aliphatic heterocycles. The van der Waals surface area contributed by atoms with Crippen LogP contribution in [0.25, 0.3) is 10.9 Å². The molecule has 0 radical (unpaired) electrons. The lowest BCUT2D eigenvalue weighted by atomic mass is 10.1. The molecule has 2 aromatic rings. The van der Waals surface area contributed by atoms with Crippen LogP contribution < -0.4 is 20.5 Å². The summed E-state index contributed by atoms with van der Waals surface area (Å²) in [5.74, 6) is -0.793. The average Bonchev–Trinajstić information content (AvgIpc) is 2.72. The van der Waals surface area contributed by atoms with Crippen LogP contribution >= 0.6 is 0 Å². The van der Waals surface area contributed by atoms with Gasteiger partial charge in [0.25, 0.3) is 5.91 Å². The van der Waals surface area contributed by atoms with Crippen LogP contribution in [0.4, 0.5) is 10.1 Å². The third-order valence-corrected chi connectivity index (χ3v) is 5.76. The van der Waals surface area contributed by atoms with Crippen LogP contribution in [0.5, 0.6) is 0 Å². The third kappa shape index (κ3) is 4.61. The first kappa shape index (κ1) is 21.3. The first-order valence-electron chi connectivity index (χ1n) is 10.7. The zero-order valence-corrected chi connectivity index (χ0v) is 17.7. The number of unbranched alkanes of at least 4 members (excludes halogenated alkanes) is 2. The van der Waals surface area contributed by atoms with E-state index in [1.165, 1.54) is 11.0 Å². The SMILES string of the molecule is CCCCCNC(=O)c1cn(CC)c2cc(N3CC[NH+](C)CC3)c(F)cc2c1=O. The number of amides is 1. The van der Waals surface area contributed by atoms with Crippen molar-refractivity contribution in [1.82, 2.24) is 9.88 Å². The molecule has 6 nitrogen and oxygen atoms in total. The fraction of sp³-hybridized carbons (Fsp3) is 0.545. The number of likely N-dealkylation sites (N-methyl/N-ethyl adjacent to an activating group) is 1. The predicted molar refractivity (Wildman–Crippen MR) is 115 cm³/mol. The maximum atomic E-state index is 14.9. The summed E-state index contributed by atoms with van der Waals surface area (Å²) in [6.45, 7) is 8.64. The Morgan fingerprint density at radius 3 is 2.59 bits per heavy atom. The van der Waals surface area contributed by atoms with Gasteiger partial charge in [-0.1, -0.05) is 19.8 Å². The predicted octanol–water partition coefficient (Wildman–Crippen LogP) is 1.42. The molecule has 0 aliphatic carbocycles. The van der Waals surface area contributed by atoms with Crippen LogP contribution in [0.2, 0.25) is 0 Å². The van der Waals surface area contributed by atoms with Crippen molar-refractivity contribution in [3.63, 3.8) is 0 Å². The Morgan fingerprint density at radius 2 is 1.93 bits per heavy atom. The fourth-order valence-electron chi connectivity index (χ4n) is 3.87. The summed E-state index contributed by atoms with van der Waals surface area (Å²) in [5.41, 5.74) is 0.864. The maximum Gasteiger partial charge on any atom is 0.256 e. The number of carbonyl (C=O) groups excluding carboxylic acids is 1. The van der Waals surface area contributed by atoms with Gasteiger partial charge in [0.15, 0.2) is 0 Å². The number of aryl methyl sites for hydroxylation is 1. The standard InChI is InChI=1S/C22H31FN4O2/c1-4-6-7-8-24-22(29)17-15-26(5-2)19-14-20(18(23)13-16(19)21(17)28)27-11-9-25(3)10-12-27/h13-15H,4-12H2,1-3H3,(H,24,29)/p+1. The highest BCUT2D eigenvalue weighted by Crippen LogP contribution is 2.25.